The molecule has 9 heteroatoms. The first-order valence-corrected chi connectivity index (χ1v) is 8.69. The zero-order chi connectivity index (χ0) is 14.9. The van der Waals surface area contributed by atoms with Gasteiger partial charge in [0.25, 0.3) is 0 Å². The number of likely N-dealkylation sites (N-methyl/N-ethyl adjacent to an activating group) is 1. The summed E-state index contributed by atoms with van der Waals surface area (Å²) in [4.78, 5) is 29.0. The number of aromatic nitrogens is 1. The molecule has 1 fully saturated rings. The molecule has 1 N–H and O–H groups in total. The van der Waals surface area contributed by atoms with Gasteiger partial charge in [-0.3, -0.25) is 14.9 Å². The van der Waals surface area contributed by atoms with Crippen LogP contribution in [-0.4, -0.2) is 54.7 Å². The van der Waals surface area contributed by atoms with Gasteiger partial charge in [0.1, 0.15) is 0 Å². The van der Waals surface area contributed by atoms with Crippen LogP contribution in [0.3, 0.4) is 0 Å². The Morgan fingerprint density at radius 3 is 2.70 bits per heavy atom. The third-order valence-electron chi connectivity index (χ3n) is 3.11. The first-order valence-electron chi connectivity index (χ1n) is 5.99. The van der Waals surface area contributed by atoms with E-state index in [1.165, 1.54) is 23.3 Å². The van der Waals surface area contributed by atoms with Gasteiger partial charge in [-0.05, 0) is 13.3 Å². The Morgan fingerprint density at radius 1 is 1.50 bits per heavy atom. The molecule has 1 unspecified atom stereocenters. The number of carbonyl (C=O) groups is 2. The molecule has 2 amide bonds. The average molecular weight is 317 g/mol. The Morgan fingerprint density at radius 2 is 2.20 bits per heavy atom. The molecule has 1 aromatic rings. The van der Waals surface area contributed by atoms with E-state index in [2.05, 4.69) is 10.3 Å². The Balaban J connectivity index is 1.98. The van der Waals surface area contributed by atoms with Gasteiger partial charge in [0.2, 0.25) is 0 Å². The van der Waals surface area contributed by atoms with Gasteiger partial charge in [-0.15, -0.1) is 11.3 Å². The number of amides is 2. The number of nitrogens with one attached hydrogen (secondary N) is 1. The van der Waals surface area contributed by atoms with Crippen molar-refractivity contribution < 1.29 is 18.0 Å². The fourth-order valence-electron chi connectivity index (χ4n) is 1.97. The highest BCUT2D eigenvalue weighted by Gasteiger charge is 2.34. The molecule has 0 spiro atoms. The van der Waals surface area contributed by atoms with Crippen LogP contribution in [0.5, 0.6) is 0 Å². The molecule has 0 radical (unpaired) electrons. The molecule has 7 nitrogen and oxygen atoms in total. The molecule has 1 atom stereocenters. The van der Waals surface area contributed by atoms with E-state index >= 15 is 0 Å². The number of aryl methyl sites for hydroxylation is 1. The molecule has 0 aliphatic carbocycles. The van der Waals surface area contributed by atoms with Crippen LogP contribution in [0.4, 0.5) is 5.13 Å². The van der Waals surface area contributed by atoms with E-state index in [1.807, 2.05) is 0 Å². The first-order chi connectivity index (χ1) is 9.28. The van der Waals surface area contributed by atoms with Gasteiger partial charge in [-0.25, -0.2) is 13.4 Å². The van der Waals surface area contributed by atoms with Crippen molar-refractivity contribution in [3.8, 4) is 0 Å². The summed E-state index contributed by atoms with van der Waals surface area (Å²) >= 11 is 1.23. The molecule has 1 aliphatic heterocycles. The van der Waals surface area contributed by atoms with Crippen LogP contribution in [0.25, 0.3) is 0 Å². The van der Waals surface area contributed by atoms with Crippen LogP contribution in [0.1, 0.15) is 12.1 Å². The van der Waals surface area contributed by atoms with E-state index in [9.17, 15) is 18.0 Å². The summed E-state index contributed by atoms with van der Waals surface area (Å²) in [6.07, 6.45) is 0.369. The molecule has 1 aliphatic rings. The van der Waals surface area contributed by atoms with Gasteiger partial charge >= 0.3 is 11.8 Å². The topological polar surface area (TPSA) is 96.4 Å². The number of carbonyl (C=O) groups excluding carboxylic acids is 2. The van der Waals surface area contributed by atoms with Crippen LogP contribution in [-0.2, 0) is 19.4 Å². The monoisotopic (exact) mass is 317 g/mol. The lowest BCUT2D eigenvalue weighted by atomic mass is 10.2. The standard InChI is InChI=1S/C11H15N3O4S2/c1-7-5-19-11(12-7)13-9(15)10(16)14(2)8-3-4-20(17,18)6-8/h5,8H,3-4,6H2,1-2H3,(H,12,13,15). The fraction of sp³-hybridized carbons (Fsp3) is 0.545. The summed E-state index contributed by atoms with van der Waals surface area (Å²) in [6.45, 7) is 1.78. The van der Waals surface area contributed by atoms with Gasteiger partial charge in [0.15, 0.2) is 15.0 Å². The van der Waals surface area contributed by atoms with Crippen LogP contribution >= 0.6 is 11.3 Å². The lowest BCUT2D eigenvalue weighted by molar-refractivity contribution is -0.143. The predicted octanol–water partition coefficient (Wildman–Crippen LogP) is 0.0355. The quantitative estimate of drug-likeness (QED) is 0.777. The van der Waals surface area contributed by atoms with Gasteiger partial charge < -0.3 is 4.90 Å². The number of anilines is 1. The molecular formula is C11H15N3O4S2. The Kier molecular flexibility index (Phi) is 4.09. The van der Waals surface area contributed by atoms with Crippen LogP contribution in [0.2, 0.25) is 0 Å². The summed E-state index contributed by atoms with van der Waals surface area (Å²) in [5.74, 6) is -1.58. The largest absolute Gasteiger partial charge is 0.333 e. The number of nitrogens with zero attached hydrogens (tertiary/aromatic N) is 2. The highest BCUT2D eigenvalue weighted by atomic mass is 32.2. The van der Waals surface area contributed by atoms with Crippen molar-refractivity contribution in [2.45, 2.75) is 19.4 Å². The van der Waals surface area contributed by atoms with Gasteiger partial charge in [-0.1, -0.05) is 0 Å². The minimum atomic E-state index is -3.09. The molecule has 1 aromatic heterocycles. The smallest absolute Gasteiger partial charge is 0.315 e. The molecule has 0 saturated carbocycles. The average Bonchev–Trinajstić information content (AvgIpc) is 2.93. The number of rotatable bonds is 2. The van der Waals surface area contributed by atoms with Crippen molar-refractivity contribution in [3.63, 3.8) is 0 Å². The zero-order valence-electron chi connectivity index (χ0n) is 11.1. The van der Waals surface area contributed by atoms with E-state index < -0.39 is 27.7 Å². The molecule has 0 bridgehead atoms. The third kappa shape index (κ3) is 3.34. The molecule has 20 heavy (non-hydrogen) atoms. The zero-order valence-corrected chi connectivity index (χ0v) is 12.8. The van der Waals surface area contributed by atoms with Crippen molar-refractivity contribution in [3.05, 3.63) is 11.1 Å². The summed E-state index contributed by atoms with van der Waals surface area (Å²) in [5.41, 5.74) is 0.757. The predicted molar refractivity (Wildman–Crippen MR) is 75.3 cm³/mol. The highest BCUT2D eigenvalue weighted by Crippen LogP contribution is 2.18. The summed E-state index contributed by atoms with van der Waals surface area (Å²) in [6, 6.07) is -0.434. The minimum absolute atomic E-state index is 0.0581. The van der Waals surface area contributed by atoms with Crippen LogP contribution in [0, 0.1) is 6.92 Å². The maximum Gasteiger partial charge on any atom is 0.315 e. The number of hydrogen-bond acceptors (Lipinski definition) is 6. The van der Waals surface area contributed by atoms with Crippen molar-refractivity contribution in [1.29, 1.82) is 0 Å². The fourth-order valence-corrected chi connectivity index (χ4v) is 4.43. The van der Waals surface area contributed by atoms with Crippen molar-refractivity contribution in [2.75, 3.05) is 23.9 Å². The number of hydrogen-bond donors (Lipinski definition) is 1. The lowest BCUT2D eigenvalue weighted by Gasteiger charge is -2.22. The van der Waals surface area contributed by atoms with E-state index in [0.29, 0.717) is 11.6 Å². The normalized spacial score (nSPS) is 20.6. The number of sulfone groups is 1. The van der Waals surface area contributed by atoms with E-state index in [0.717, 1.165) is 5.69 Å². The second-order valence-electron chi connectivity index (χ2n) is 4.72. The maximum atomic E-state index is 11.9. The van der Waals surface area contributed by atoms with Crippen molar-refractivity contribution >= 4 is 38.1 Å². The third-order valence-corrected chi connectivity index (χ3v) is 5.74. The molecule has 2 heterocycles. The molecule has 1 saturated heterocycles. The molecular weight excluding hydrogens is 302 g/mol. The lowest BCUT2D eigenvalue weighted by Crippen LogP contribution is -2.43. The van der Waals surface area contributed by atoms with Gasteiger partial charge in [0, 0.05) is 18.5 Å². The van der Waals surface area contributed by atoms with Gasteiger partial charge in [-0.2, -0.15) is 0 Å². The van der Waals surface area contributed by atoms with Crippen LogP contribution in [0.15, 0.2) is 5.38 Å². The second-order valence-corrected chi connectivity index (χ2v) is 7.81. The summed E-state index contributed by atoms with van der Waals surface area (Å²) in [7, 11) is -1.65. The van der Waals surface area contributed by atoms with E-state index in [1.54, 1.807) is 12.3 Å². The number of thiazole rings is 1. The second kappa shape index (κ2) is 5.49. The highest BCUT2D eigenvalue weighted by molar-refractivity contribution is 7.91. The summed E-state index contributed by atoms with van der Waals surface area (Å²) in [5, 5.41) is 4.53. The van der Waals surface area contributed by atoms with Gasteiger partial charge in [0.05, 0.1) is 17.2 Å². The maximum absolute atomic E-state index is 11.9. The van der Waals surface area contributed by atoms with E-state index in [-0.39, 0.29) is 11.5 Å². The van der Waals surface area contributed by atoms with Crippen molar-refractivity contribution in [1.82, 2.24) is 9.88 Å². The summed E-state index contributed by atoms with van der Waals surface area (Å²) < 4.78 is 22.8. The van der Waals surface area contributed by atoms with E-state index in [4.69, 9.17) is 0 Å². The molecule has 2 rings (SSSR count). The molecule has 110 valence electrons. The SMILES string of the molecule is Cc1csc(NC(=O)C(=O)N(C)C2CCS(=O)(=O)C2)n1. The van der Waals surface area contributed by atoms with Crippen LogP contribution < -0.4 is 5.32 Å². The van der Waals surface area contributed by atoms with Crippen molar-refractivity contribution in [2.24, 2.45) is 0 Å². The first kappa shape index (κ1) is 14.9. The minimum Gasteiger partial charge on any atom is -0.333 e. The molecule has 0 aromatic carbocycles. The Labute approximate surface area is 120 Å². The Hall–Kier alpha value is -1.48. The Bertz CT molecular complexity index is 638.